The molecule has 3 aromatic rings. The number of hydrogen-bond acceptors (Lipinski definition) is 5. The molecule has 6 nitrogen and oxygen atoms in total. The zero-order valence-corrected chi connectivity index (χ0v) is 19.2. The third kappa shape index (κ3) is 4.17. The number of Topliss-reactive ketones (excluding diaryl/α,β-unsaturated/α-hetero) is 1. The van der Waals surface area contributed by atoms with Crippen LogP contribution < -0.4 is 9.64 Å². The minimum absolute atomic E-state index is 0.0422. The molecule has 1 saturated heterocycles. The molecular formula is C27H25FN2O4. The van der Waals surface area contributed by atoms with E-state index in [1.807, 2.05) is 20.8 Å². The number of nitrogens with zero attached hydrogens (tertiary/aromatic N) is 2. The molecule has 0 aliphatic carbocycles. The maximum absolute atomic E-state index is 13.5. The molecule has 1 aliphatic rings. The summed E-state index contributed by atoms with van der Waals surface area (Å²) >= 11 is 0. The largest absolute Gasteiger partial charge is 0.507 e. The van der Waals surface area contributed by atoms with Gasteiger partial charge in [0, 0.05) is 23.6 Å². The zero-order valence-electron chi connectivity index (χ0n) is 19.2. The van der Waals surface area contributed by atoms with Gasteiger partial charge in [0.05, 0.1) is 18.2 Å². The molecule has 1 fully saturated rings. The Morgan fingerprint density at radius 1 is 1.09 bits per heavy atom. The monoisotopic (exact) mass is 460 g/mol. The second-order valence-electron chi connectivity index (χ2n) is 8.27. The van der Waals surface area contributed by atoms with Crippen LogP contribution in [0.3, 0.4) is 0 Å². The minimum atomic E-state index is -0.900. The zero-order chi connectivity index (χ0) is 24.4. The van der Waals surface area contributed by atoms with Crippen LogP contribution in [-0.2, 0) is 9.59 Å². The fourth-order valence-corrected chi connectivity index (χ4v) is 4.15. The fourth-order valence-electron chi connectivity index (χ4n) is 4.15. The van der Waals surface area contributed by atoms with E-state index in [2.05, 4.69) is 4.98 Å². The molecule has 2 heterocycles. The lowest BCUT2D eigenvalue weighted by atomic mass is 9.93. The highest BCUT2D eigenvalue weighted by Gasteiger charge is 2.47. The van der Waals surface area contributed by atoms with Gasteiger partial charge >= 0.3 is 0 Å². The predicted molar refractivity (Wildman–Crippen MR) is 127 cm³/mol. The number of ether oxygens (including phenoxy) is 1. The molecule has 1 amide bonds. The molecule has 0 bridgehead atoms. The molecular weight excluding hydrogens is 435 g/mol. The van der Waals surface area contributed by atoms with E-state index in [1.165, 1.54) is 29.2 Å². The van der Waals surface area contributed by atoms with Crippen molar-refractivity contribution < 1.29 is 23.8 Å². The molecule has 1 aliphatic heterocycles. The van der Waals surface area contributed by atoms with Crippen molar-refractivity contribution in [1.29, 1.82) is 0 Å². The number of benzene rings is 2. The number of rotatable bonds is 6. The quantitative estimate of drug-likeness (QED) is 0.304. The highest BCUT2D eigenvalue weighted by molar-refractivity contribution is 6.51. The van der Waals surface area contributed by atoms with Gasteiger partial charge < -0.3 is 9.84 Å². The first-order chi connectivity index (χ1) is 16.3. The van der Waals surface area contributed by atoms with Crippen LogP contribution >= 0.6 is 0 Å². The number of aliphatic hydroxyl groups is 1. The summed E-state index contributed by atoms with van der Waals surface area (Å²) in [6.45, 7) is 6.40. The Labute approximate surface area is 197 Å². The smallest absolute Gasteiger partial charge is 0.300 e. The maximum atomic E-state index is 13.5. The van der Waals surface area contributed by atoms with Crippen LogP contribution in [0, 0.1) is 5.82 Å². The van der Waals surface area contributed by atoms with Crippen LogP contribution in [0.1, 0.15) is 49.4 Å². The molecule has 0 spiro atoms. The second kappa shape index (κ2) is 9.47. The van der Waals surface area contributed by atoms with Gasteiger partial charge in [0.15, 0.2) is 0 Å². The summed E-state index contributed by atoms with van der Waals surface area (Å²) in [6, 6.07) is 13.0. The van der Waals surface area contributed by atoms with Crippen molar-refractivity contribution in [2.75, 3.05) is 11.5 Å². The number of pyridine rings is 1. The molecule has 4 rings (SSSR count). The summed E-state index contributed by atoms with van der Waals surface area (Å²) in [7, 11) is 0. The van der Waals surface area contributed by atoms with Gasteiger partial charge in [-0.15, -0.1) is 0 Å². The summed E-state index contributed by atoms with van der Waals surface area (Å²) < 4.78 is 19.3. The molecule has 1 N–H and O–H groups in total. The third-order valence-corrected chi connectivity index (χ3v) is 5.78. The topological polar surface area (TPSA) is 79.7 Å². The molecule has 0 saturated carbocycles. The van der Waals surface area contributed by atoms with E-state index < -0.39 is 23.5 Å². The number of aliphatic hydroxyl groups excluding tert-OH is 1. The second-order valence-corrected chi connectivity index (χ2v) is 8.27. The van der Waals surface area contributed by atoms with Crippen molar-refractivity contribution in [3.8, 4) is 5.75 Å². The molecule has 1 aromatic heterocycles. The lowest BCUT2D eigenvalue weighted by Gasteiger charge is -2.25. The molecule has 174 valence electrons. The van der Waals surface area contributed by atoms with E-state index >= 15 is 0 Å². The molecule has 1 unspecified atom stereocenters. The summed E-state index contributed by atoms with van der Waals surface area (Å²) in [5.74, 6) is -1.56. The van der Waals surface area contributed by atoms with Crippen molar-refractivity contribution in [3.05, 3.63) is 95.1 Å². The SMILES string of the molecule is CCOc1ccc(/C(O)=C2/C(=O)C(=O)N(c3ccc(F)cc3)C2c2ccncc2)cc1C(C)C. The Morgan fingerprint density at radius 3 is 2.38 bits per heavy atom. The van der Waals surface area contributed by atoms with Crippen LogP contribution in [0.2, 0.25) is 0 Å². The Balaban J connectivity index is 1.91. The number of amides is 1. The van der Waals surface area contributed by atoms with Gasteiger partial charge in [-0.3, -0.25) is 19.5 Å². The first-order valence-electron chi connectivity index (χ1n) is 11.1. The minimum Gasteiger partial charge on any atom is -0.507 e. The summed E-state index contributed by atoms with van der Waals surface area (Å²) in [4.78, 5) is 31.7. The van der Waals surface area contributed by atoms with Crippen LogP contribution in [0.15, 0.2) is 72.6 Å². The number of anilines is 1. The van der Waals surface area contributed by atoms with Crippen LogP contribution in [0.25, 0.3) is 5.76 Å². The molecule has 34 heavy (non-hydrogen) atoms. The van der Waals surface area contributed by atoms with Crippen LogP contribution in [0.4, 0.5) is 10.1 Å². The number of halogens is 1. The Hall–Kier alpha value is -4.00. The summed E-state index contributed by atoms with van der Waals surface area (Å²) in [6.07, 6.45) is 3.10. The van der Waals surface area contributed by atoms with Gasteiger partial charge in [0.1, 0.15) is 17.3 Å². The molecule has 7 heteroatoms. The summed E-state index contributed by atoms with van der Waals surface area (Å²) in [5, 5.41) is 11.3. The Kier molecular flexibility index (Phi) is 6.45. The predicted octanol–water partition coefficient (Wildman–Crippen LogP) is 5.37. The van der Waals surface area contributed by atoms with Gasteiger partial charge in [-0.1, -0.05) is 13.8 Å². The molecule has 2 aromatic carbocycles. The third-order valence-electron chi connectivity index (χ3n) is 5.78. The van der Waals surface area contributed by atoms with Crippen LogP contribution in [-0.4, -0.2) is 28.4 Å². The van der Waals surface area contributed by atoms with E-state index in [0.717, 1.165) is 5.56 Å². The van der Waals surface area contributed by atoms with Crippen molar-refractivity contribution >= 4 is 23.1 Å². The number of hydrogen-bond donors (Lipinski definition) is 1. The van der Waals surface area contributed by atoms with Gasteiger partial charge in [0.2, 0.25) is 0 Å². The number of carbonyl (C=O) groups excluding carboxylic acids is 2. The summed E-state index contributed by atoms with van der Waals surface area (Å²) in [5.41, 5.74) is 2.18. The van der Waals surface area contributed by atoms with E-state index in [-0.39, 0.29) is 17.3 Å². The highest BCUT2D eigenvalue weighted by Crippen LogP contribution is 2.42. The van der Waals surface area contributed by atoms with Gasteiger partial charge in [-0.25, -0.2) is 4.39 Å². The standard InChI is InChI=1S/C27H25FN2O4/c1-4-34-22-10-5-18(15-21(22)16(2)3)25(31)23-24(17-11-13-29-14-12-17)30(27(33)26(23)32)20-8-6-19(28)7-9-20/h5-16,24,31H,4H2,1-3H3/b25-23-. The van der Waals surface area contributed by atoms with E-state index in [0.29, 0.717) is 29.2 Å². The lowest BCUT2D eigenvalue weighted by Crippen LogP contribution is -2.29. The van der Waals surface area contributed by atoms with Gasteiger partial charge in [0.25, 0.3) is 11.7 Å². The van der Waals surface area contributed by atoms with Crippen molar-refractivity contribution in [2.45, 2.75) is 32.7 Å². The van der Waals surface area contributed by atoms with Crippen LogP contribution in [0.5, 0.6) is 5.75 Å². The fraction of sp³-hybridized carbons (Fsp3) is 0.222. The van der Waals surface area contributed by atoms with E-state index in [4.69, 9.17) is 4.74 Å². The maximum Gasteiger partial charge on any atom is 0.300 e. The average Bonchev–Trinajstić information content (AvgIpc) is 3.10. The van der Waals surface area contributed by atoms with E-state index in [9.17, 15) is 19.1 Å². The lowest BCUT2D eigenvalue weighted by molar-refractivity contribution is -0.132. The number of aromatic nitrogens is 1. The first-order valence-corrected chi connectivity index (χ1v) is 11.1. The number of carbonyl (C=O) groups is 2. The highest BCUT2D eigenvalue weighted by atomic mass is 19.1. The first kappa shape index (κ1) is 23.2. The normalized spacial score (nSPS) is 17.4. The van der Waals surface area contributed by atoms with Gasteiger partial charge in [-0.05, 0) is 78.6 Å². The molecule has 0 radical (unpaired) electrons. The Morgan fingerprint density at radius 2 is 1.76 bits per heavy atom. The average molecular weight is 461 g/mol. The van der Waals surface area contributed by atoms with Crippen molar-refractivity contribution in [2.24, 2.45) is 0 Å². The van der Waals surface area contributed by atoms with Crippen molar-refractivity contribution in [1.82, 2.24) is 4.98 Å². The Bertz CT molecular complexity index is 1250. The van der Waals surface area contributed by atoms with Gasteiger partial charge in [-0.2, -0.15) is 0 Å². The van der Waals surface area contributed by atoms with Crippen molar-refractivity contribution in [3.63, 3.8) is 0 Å². The van der Waals surface area contributed by atoms with E-state index in [1.54, 1.807) is 42.7 Å². The number of ketones is 1. The molecule has 1 atom stereocenters.